The number of nitrogens with one attached hydrogen (secondary N) is 1. The third-order valence-corrected chi connectivity index (χ3v) is 3.37. The predicted octanol–water partition coefficient (Wildman–Crippen LogP) is 2.55. The molecule has 0 fully saturated rings. The van der Waals surface area contributed by atoms with Crippen LogP contribution >= 0.6 is 0 Å². The molecule has 3 rings (SSSR count). The van der Waals surface area contributed by atoms with Gasteiger partial charge in [0.05, 0.1) is 12.1 Å². The fourth-order valence-corrected chi connectivity index (χ4v) is 2.20. The number of aryl methyl sites for hydroxylation is 1. The minimum Gasteiger partial charge on any atom is -0.478 e. The molecule has 0 saturated heterocycles. The lowest BCUT2D eigenvalue weighted by molar-refractivity contribution is 0.0697. The first-order valence-electron chi connectivity index (χ1n) is 7.30. The summed E-state index contributed by atoms with van der Waals surface area (Å²) in [5.74, 6) is 0.100. The Labute approximate surface area is 138 Å². The van der Waals surface area contributed by atoms with Crippen molar-refractivity contribution in [2.45, 2.75) is 13.5 Å². The number of aromatic carboxylic acids is 1. The number of hydrogen-bond acceptors (Lipinski definition) is 6. The van der Waals surface area contributed by atoms with Crippen molar-refractivity contribution in [3.63, 3.8) is 0 Å². The van der Waals surface area contributed by atoms with E-state index in [1.54, 1.807) is 42.9 Å². The maximum atomic E-state index is 11.3. The van der Waals surface area contributed by atoms with Crippen LogP contribution in [0.3, 0.4) is 0 Å². The summed E-state index contributed by atoms with van der Waals surface area (Å²) in [5.41, 5.74) is 2.34. The summed E-state index contributed by atoms with van der Waals surface area (Å²) in [6.45, 7) is 2.27. The van der Waals surface area contributed by atoms with E-state index in [4.69, 9.17) is 0 Å². The van der Waals surface area contributed by atoms with E-state index in [1.165, 1.54) is 0 Å². The molecule has 0 unspecified atom stereocenters. The zero-order valence-corrected chi connectivity index (χ0v) is 13.0. The van der Waals surface area contributed by atoms with Crippen LogP contribution in [-0.2, 0) is 6.54 Å². The summed E-state index contributed by atoms with van der Waals surface area (Å²) in [6.07, 6.45) is 4.91. The first-order chi connectivity index (χ1) is 11.6. The van der Waals surface area contributed by atoms with E-state index in [9.17, 15) is 9.90 Å². The topological polar surface area (TPSA) is 101 Å². The second-order valence-corrected chi connectivity index (χ2v) is 5.11. The number of rotatable bonds is 5. The van der Waals surface area contributed by atoms with E-state index in [2.05, 4.69) is 25.3 Å². The minimum atomic E-state index is -0.979. The number of aromatic nitrogens is 4. The Kier molecular flexibility index (Phi) is 4.42. The van der Waals surface area contributed by atoms with Gasteiger partial charge < -0.3 is 10.4 Å². The van der Waals surface area contributed by atoms with Gasteiger partial charge in [-0.15, -0.1) is 0 Å². The van der Waals surface area contributed by atoms with Crippen molar-refractivity contribution in [1.82, 2.24) is 19.9 Å². The minimum absolute atomic E-state index is 0.222. The molecule has 2 aromatic heterocycles. The number of benzene rings is 1. The summed E-state index contributed by atoms with van der Waals surface area (Å²) >= 11 is 0. The third-order valence-electron chi connectivity index (χ3n) is 3.37. The van der Waals surface area contributed by atoms with E-state index < -0.39 is 5.97 Å². The highest BCUT2D eigenvalue weighted by Gasteiger charge is 2.11. The maximum absolute atomic E-state index is 11.3. The van der Waals surface area contributed by atoms with Gasteiger partial charge in [0.2, 0.25) is 5.95 Å². The fourth-order valence-electron chi connectivity index (χ4n) is 2.20. The van der Waals surface area contributed by atoms with Crippen LogP contribution in [0.5, 0.6) is 0 Å². The Morgan fingerprint density at radius 1 is 1.12 bits per heavy atom. The average molecular weight is 321 g/mol. The Morgan fingerprint density at radius 3 is 2.58 bits per heavy atom. The highest BCUT2D eigenvalue weighted by Crippen LogP contribution is 2.22. The van der Waals surface area contributed by atoms with Crippen molar-refractivity contribution >= 4 is 11.9 Å². The number of nitrogens with zero attached hydrogens (tertiary/aromatic N) is 4. The Hall–Kier alpha value is -3.35. The first-order valence-corrected chi connectivity index (χ1v) is 7.30. The lowest BCUT2D eigenvalue weighted by Crippen LogP contribution is -2.07. The predicted molar refractivity (Wildman–Crippen MR) is 88.5 cm³/mol. The van der Waals surface area contributed by atoms with Gasteiger partial charge in [-0.3, -0.25) is 0 Å². The Morgan fingerprint density at radius 2 is 1.88 bits per heavy atom. The summed E-state index contributed by atoms with van der Waals surface area (Å²) in [5, 5.41) is 12.3. The van der Waals surface area contributed by atoms with Crippen molar-refractivity contribution in [3.05, 3.63) is 66.0 Å². The largest absolute Gasteiger partial charge is 0.478 e. The van der Waals surface area contributed by atoms with E-state index in [0.29, 0.717) is 29.4 Å². The molecule has 2 heterocycles. The van der Waals surface area contributed by atoms with Gasteiger partial charge in [0.25, 0.3) is 0 Å². The molecular formula is C17H15N5O2. The molecule has 0 radical (unpaired) electrons. The third kappa shape index (κ3) is 3.52. The molecule has 7 heteroatoms. The normalized spacial score (nSPS) is 10.4. The standard InChI is InChI=1S/C17H15N5O2/c1-11-6-7-18-17(22-11)21-10-15-19-8-12(9-20-15)13-4-2-3-5-14(13)16(23)24/h2-9H,10H2,1H3,(H,23,24)(H,18,21,22). The van der Waals surface area contributed by atoms with E-state index in [-0.39, 0.29) is 5.56 Å². The highest BCUT2D eigenvalue weighted by molar-refractivity contribution is 5.95. The van der Waals surface area contributed by atoms with Crippen molar-refractivity contribution in [2.75, 3.05) is 5.32 Å². The van der Waals surface area contributed by atoms with E-state index in [1.807, 2.05) is 13.0 Å². The molecule has 1 aromatic carbocycles. The van der Waals surface area contributed by atoms with Gasteiger partial charge in [-0.25, -0.2) is 24.7 Å². The number of carboxylic acid groups (broad SMARTS) is 1. The van der Waals surface area contributed by atoms with Crippen molar-refractivity contribution in [1.29, 1.82) is 0 Å². The maximum Gasteiger partial charge on any atom is 0.336 e. The van der Waals surface area contributed by atoms with Crippen LogP contribution in [0.1, 0.15) is 21.9 Å². The monoisotopic (exact) mass is 321 g/mol. The molecule has 0 spiro atoms. The van der Waals surface area contributed by atoms with Crippen LogP contribution in [-0.4, -0.2) is 31.0 Å². The van der Waals surface area contributed by atoms with Crippen molar-refractivity contribution < 1.29 is 9.90 Å². The zero-order chi connectivity index (χ0) is 16.9. The van der Waals surface area contributed by atoms with Crippen LogP contribution < -0.4 is 5.32 Å². The van der Waals surface area contributed by atoms with Gasteiger partial charge in [-0.05, 0) is 24.6 Å². The highest BCUT2D eigenvalue weighted by atomic mass is 16.4. The average Bonchev–Trinajstić information content (AvgIpc) is 2.60. The van der Waals surface area contributed by atoms with Crippen molar-refractivity contribution in [3.8, 4) is 11.1 Å². The van der Waals surface area contributed by atoms with Gasteiger partial charge in [0, 0.05) is 29.8 Å². The summed E-state index contributed by atoms with van der Waals surface area (Å²) in [6, 6.07) is 8.58. The van der Waals surface area contributed by atoms with Gasteiger partial charge >= 0.3 is 5.97 Å². The lowest BCUT2D eigenvalue weighted by Gasteiger charge is -2.07. The summed E-state index contributed by atoms with van der Waals surface area (Å²) in [4.78, 5) is 28.2. The number of hydrogen-bond donors (Lipinski definition) is 2. The van der Waals surface area contributed by atoms with Gasteiger partial charge in [-0.2, -0.15) is 0 Å². The van der Waals surface area contributed by atoms with E-state index in [0.717, 1.165) is 5.69 Å². The molecule has 0 saturated carbocycles. The molecule has 0 aliphatic carbocycles. The van der Waals surface area contributed by atoms with Crippen LogP contribution in [0.15, 0.2) is 48.9 Å². The molecular weight excluding hydrogens is 306 g/mol. The molecule has 0 bridgehead atoms. The summed E-state index contributed by atoms with van der Waals surface area (Å²) < 4.78 is 0. The van der Waals surface area contributed by atoms with Gasteiger partial charge in [0.1, 0.15) is 5.82 Å². The van der Waals surface area contributed by atoms with Gasteiger partial charge in [0.15, 0.2) is 0 Å². The molecule has 0 amide bonds. The lowest BCUT2D eigenvalue weighted by atomic mass is 10.0. The Bertz CT molecular complexity index is 865. The molecule has 24 heavy (non-hydrogen) atoms. The van der Waals surface area contributed by atoms with Crippen LogP contribution in [0.4, 0.5) is 5.95 Å². The molecule has 0 aliphatic rings. The number of anilines is 1. The van der Waals surface area contributed by atoms with Crippen molar-refractivity contribution in [2.24, 2.45) is 0 Å². The Balaban J connectivity index is 1.75. The molecule has 2 N–H and O–H groups in total. The molecule has 0 aliphatic heterocycles. The number of carbonyl (C=O) groups is 1. The fraction of sp³-hybridized carbons (Fsp3) is 0.118. The second-order valence-electron chi connectivity index (χ2n) is 5.11. The SMILES string of the molecule is Cc1ccnc(NCc2ncc(-c3ccccc3C(=O)O)cn2)n1. The molecule has 0 atom stereocenters. The van der Waals surface area contributed by atoms with Crippen LogP contribution in [0, 0.1) is 6.92 Å². The van der Waals surface area contributed by atoms with Crippen LogP contribution in [0.2, 0.25) is 0 Å². The molecule has 3 aromatic rings. The molecule has 7 nitrogen and oxygen atoms in total. The van der Waals surface area contributed by atoms with Crippen LogP contribution in [0.25, 0.3) is 11.1 Å². The zero-order valence-electron chi connectivity index (χ0n) is 13.0. The molecule has 120 valence electrons. The quantitative estimate of drug-likeness (QED) is 0.744. The second kappa shape index (κ2) is 6.82. The van der Waals surface area contributed by atoms with Gasteiger partial charge in [-0.1, -0.05) is 18.2 Å². The van der Waals surface area contributed by atoms with E-state index >= 15 is 0 Å². The summed E-state index contributed by atoms with van der Waals surface area (Å²) in [7, 11) is 0. The first kappa shape index (κ1) is 15.5. The number of carboxylic acids is 1. The smallest absolute Gasteiger partial charge is 0.336 e.